The molecule has 0 fully saturated rings. The van der Waals surface area contributed by atoms with Gasteiger partial charge in [0.2, 0.25) is 0 Å². The first-order valence-electron chi connectivity index (χ1n) is 6.88. The molecule has 1 aromatic heterocycles. The van der Waals surface area contributed by atoms with Crippen LogP contribution in [0.3, 0.4) is 0 Å². The Kier molecular flexibility index (Phi) is 5.41. The molecule has 1 aromatic carbocycles. The molecule has 0 aliphatic heterocycles. The third-order valence-corrected chi connectivity index (χ3v) is 5.13. The highest BCUT2D eigenvalue weighted by Gasteiger charge is 2.13. The van der Waals surface area contributed by atoms with E-state index < -0.39 is 0 Å². The molecule has 1 heterocycles. The quantitative estimate of drug-likeness (QED) is 0.803. The average Bonchev–Trinajstić information content (AvgIpc) is 2.45. The van der Waals surface area contributed by atoms with Crippen LogP contribution in [-0.2, 0) is 0 Å². The number of hydrogen-bond acceptors (Lipinski definition) is 4. The molecule has 0 spiro atoms. The zero-order valence-electron chi connectivity index (χ0n) is 13.0. The summed E-state index contributed by atoms with van der Waals surface area (Å²) in [6.45, 7) is 8.28. The van der Waals surface area contributed by atoms with Gasteiger partial charge in [-0.1, -0.05) is 15.9 Å². The molecule has 5 heteroatoms. The van der Waals surface area contributed by atoms with Crippen LogP contribution in [0.5, 0.6) is 0 Å². The van der Waals surface area contributed by atoms with Gasteiger partial charge in [-0.2, -0.15) is 0 Å². The molecule has 1 atom stereocenters. The van der Waals surface area contributed by atoms with Gasteiger partial charge >= 0.3 is 0 Å². The van der Waals surface area contributed by atoms with Crippen molar-refractivity contribution < 1.29 is 0 Å². The Morgan fingerprint density at radius 1 is 1.14 bits per heavy atom. The number of nitrogens with one attached hydrogen (secondary N) is 1. The van der Waals surface area contributed by atoms with Crippen LogP contribution >= 0.6 is 27.7 Å². The molecular weight excluding hydrogens is 346 g/mol. The zero-order chi connectivity index (χ0) is 15.6. The second kappa shape index (κ2) is 6.90. The third kappa shape index (κ3) is 3.84. The maximum atomic E-state index is 4.60. The average molecular weight is 366 g/mol. The van der Waals surface area contributed by atoms with Crippen molar-refractivity contribution in [3.05, 3.63) is 45.2 Å². The minimum absolute atomic E-state index is 0.276. The summed E-state index contributed by atoms with van der Waals surface area (Å²) < 4.78 is 1.08. The second-order valence-corrected chi connectivity index (χ2v) is 7.02. The van der Waals surface area contributed by atoms with Crippen molar-refractivity contribution in [2.24, 2.45) is 0 Å². The van der Waals surface area contributed by atoms with Crippen LogP contribution in [0.15, 0.2) is 32.7 Å². The fraction of sp³-hybridized carbons (Fsp3) is 0.375. The van der Waals surface area contributed by atoms with Crippen LogP contribution in [0.2, 0.25) is 0 Å². The summed E-state index contributed by atoms with van der Waals surface area (Å²) >= 11 is 5.16. The van der Waals surface area contributed by atoms with Crippen molar-refractivity contribution in [1.29, 1.82) is 0 Å². The monoisotopic (exact) mass is 365 g/mol. The Balaban J connectivity index is 2.40. The number of benzene rings is 1. The first-order valence-corrected chi connectivity index (χ1v) is 8.49. The first-order chi connectivity index (χ1) is 9.92. The highest BCUT2D eigenvalue weighted by molar-refractivity contribution is 9.10. The Morgan fingerprint density at radius 3 is 2.33 bits per heavy atom. The van der Waals surface area contributed by atoms with Crippen LogP contribution in [0.4, 0.5) is 0 Å². The van der Waals surface area contributed by atoms with Crippen molar-refractivity contribution in [2.45, 2.75) is 43.8 Å². The Bertz CT molecular complexity index is 635. The minimum atomic E-state index is 0.276. The van der Waals surface area contributed by atoms with Gasteiger partial charge in [-0.15, -0.1) is 0 Å². The number of rotatable bonds is 4. The Morgan fingerprint density at radius 2 is 1.76 bits per heavy atom. The molecule has 0 radical (unpaired) electrons. The van der Waals surface area contributed by atoms with Crippen molar-refractivity contribution in [3.8, 4) is 0 Å². The van der Waals surface area contributed by atoms with E-state index in [0.717, 1.165) is 21.0 Å². The number of halogens is 1. The molecule has 112 valence electrons. The molecule has 1 unspecified atom stereocenters. The number of aryl methyl sites for hydroxylation is 2. The van der Waals surface area contributed by atoms with Gasteiger partial charge < -0.3 is 5.32 Å². The summed E-state index contributed by atoms with van der Waals surface area (Å²) in [5.41, 5.74) is 4.51. The van der Waals surface area contributed by atoms with Gasteiger partial charge in [0, 0.05) is 26.8 Å². The fourth-order valence-corrected chi connectivity index (χ4v) is 3.42. The normalized spacial score (nSPS) is 12.5. The molecule has 2 rings (SSSR count). The van der Waals surface area contributed by atoms with Gasteiger partial charge in [0.05, 0.1) is 0 Å². The fourth-order valence-electron chi connectivity index (χ4n) is 1.99. The molecule has 0 saturated heterocycles. The third-order valence-electron chi connectivity index (χ3n) is 3.68. The van der Waals surface area contributed by atoms with Crippen molar-refractivity contribution in [2.75, 3.05) is 7.05 Å². The summed E-state index contributed by atoms with van der Waals surface area (Å²) in [7, 11) is 1.97. The van der Waals surface area contributed by atoms with E-state index >= 15 is 0 Å². The van der Waals surface area contributed by atoms with E-state index in [2.05, 4.69) is 63.3 Å². The van der Waals surface area contributed by atoms with Crippen LogP contribution < -0.4 is 5.32 Å². The standard InChI is InChI=1S/C16H20BrN3S/c1-9-10(2)19-16(20-11(9)3)21-15-7-6-13(17)8-14(15)12(4)18-5/h6-8,12,18H,1-5H3. The molecule has 21 heavy (non-hydrogen) atoms. The van der Waals surface area contributed by atoms with Gasteiger partial charge in [-0.05, 0) is 75.8 Å². The molecule has 0 amide bonds. The van der Waals surface area contributed by atoms with Crippen molar-refractivity contribution in [3.63, 3.8) is 0 Å². The van der Waals surface area contributed by atoms with Gasteiger partial charge in [-0.25, -0.2) is 9.97 Å². The number of aromatic nitrogens is 2. The van der Waals surface area contributed by atoms with Crippen LogP contribution in [0.25, 0.3) is 0 Å². The first kappa shape index (κ1) is 16.5. The SMILES string of the molecule is CNC(C)c1cc(Br)ccc1Sc1nc(C)c(C)c(C)n1. The zero-order valence-corrected chi connectivity index (χ0v) is 15.4. The molecule has 0 saturated carbocycles. The molecule has 3 nitrogen and oxygen atoms in total. The van der Waals surface area contributed by atoms with Gasteiger partial charge in [-0.3, -0.25) is 0 Å². The summed E-state index contributed by atoms with van der Waals surface area (Å²) in [6.07, 6.45) is 0. The van der Waals surface area contributed by atoms with Crippen LogP contribution in [-0.4, -0.2) is 17.0 Å². The van der Waals surface area contributed by atoms with Crippen molar-refractivity contribution >= 4 is 27.7 Å². The van der Waals surface area contributed by atoms with E-state index in [9.17, 15) is 0 Å². The highest BCUT2D eigenvalue weighted by atomic mass is 79.9. The number of hydrogen-bond donors (Lipinski definition) is 1. The largest absolute Gasteiger partial charge is 0.313 e. The summed E-state index contributed by atoms with van der Waals surface area (Å²) in [5, 5.41) is 4.10. The van der Waals surface area contributed by atoms with E-state index in [1.54, 1.807) is 11.8 Å². The topological polar surface area (TPSA) is 37.8 Å². The molecule has 0 aliphatic rings. The van der Waals surface area contributed by atoms with Gasteiger partial charge in [0.25, 0.3) is 0 Å². The summed E-state index contributed by atoms with van der Waals surface area (Å²) in [4.78, 5) is 10.4. The van der Waals surface area contributed by atoms with E-state index in [4.69, 9.17) is 0 Å². The Hall–Kier alpha value is -0.910. The second-order valence-electron chi connectivity index (χ2n) is 5.10. The lowest BCUT2D eigenvalue weighted by atomic mass is 10.1. The van der Waals surface area contributed by atoms with E-state index in [0.29, 0.717) is 0 Å². The van der Waals surface area contributed by atoms with E-state index in [1.807, 2.05) is 20.9 Å². The maximum absolute atomic E-state index is 4.60. The van der Waals surface area contributed by atoms with Gasteiger partial charge in [0.1, 0.15) is 0 Å². The van der Waals surface area contributed by atoms with Crippen LogP contribution in [0, 0.1) is 20.8 Å². The summed E-state index contributed by atoms with van der Waals surface area (Å²) in [5.74, 6) is 0. The predicted octanol–water partition coefficient (Wildman–Crippen LogP) is 4.60. The number of nitrogens with zero attached hydrogens (tertiary/aromatic N) is 2. The Labute approximate surface area is 139 Å². The molecule has 1 N–H and O–H groups in total. The molecule has 0 bridgehead atoms. The summed E-state index contributed by atoms with van der Waals surface area (Å²) in [6, 6.07) is 6.60. The smallest absolute Gasteiger partial charge is 0.192 e. The molecule has 0 aliphatic carbocycles. The lowest BCUT2D eigenvalue weighted by molar-refractivity contribution is 0.640. The maximum Gasteiger partial charge on any atom is 0.192 e. The molecular formula is C16H20BrN3S. The van der Waals surface area contributed by atoms with Crippen molar-refractivity contribution in [1.82, 2.24) is 15.3 Å². The van der Waals surface area contributed by atoms with Gasteiger partial charge in [0.15, 0.2) is 5.16 Å². The van der Waals surface area contributed by atoms with E-state index in [-0.39, 0.29) is 6.04 Å². The predicted molar refractivity (Wildman–Crippen MR) is 92.0 cm³/mol. The molecule has 2 aromatic rings. The van der Waals surface area contributed by atoms with Crippen LogP contribution in [0.1, 0.15) is 35.5 Å². The lowest BCUT2D eigenvalue weighted by Gasteiger charge is -2.16. The minimum Gasteiger partial charge on any atom is -0.313 e. The van der Waals surface area contributed by atoms with E-state index in [1.165, 1.54) is 16.0 Å². The lowest BCUT2D eigenvalue weighted by Crippen LogP contribution is -2.13. The highest BCUT2D eigenvalue weighted by Crippen LogP contribution is 2.33.